The zero-order valence-electron chi connectivity index (χ0n) is 18.2. The lowest BCUT2D eigenvalue weighted by molar-refractivity contribution is -0.146. The number of carbonyl (C=O) groups excluding carboxylic acids is 1. The van der Waals surface area contributed by atoms with Gasteiger partial charge in [-0.15, -0.1) is 11.3 Å². The Morgan fingerprint density at radius 3 is 2.80 bits per heavy atom. The molecule has 0 unspecified atom stereocenters. The van der Waals surface area contributed by atoms with E-state index in [4.69, 9.17) is 27.1 Å². The number of nitrogens with two attached hydrogens (primary N) is 1. The molecule has 2 atom stereocenters. The van der Waals surface area contributed by atoms with Crippen LogP contribution in [0.3, 0.4) is 0 Å². The highest BCUT2D eigenvalue weighted by atomic mass is 35.5. The summed E-state index contributed by atoms with van der Waals surface area (Å²) in [5.41, 5.74) is 6.65. The van der Waals surface area contributed by atoms with Gasteiger partial charge in [0.2, 0.25) is 0 Å². The minimum absolute atomic E-state index is 0.0241. The van der Waals surface area contributed by atoms with E-state index >= 15 is 0 Å². The van der Waals surface area contributed by atoms with Crippen molar-refractivity contribution in [2.45, 2.75) is 24.6 Å². The Labute approximate surface area is 206 Å². The van der Waals surface area contributed by atoms with Crippen molar-refractivity contribution in [3.8, 4) is 0 Å². The standard InChI is InChI=1S/C22H18ClF3N6O2S/c1-34-20(33)22(27)9-15-16(14-4-6-32(30-14)21(25)26)17(12-3-2-11(24)8-13(12)23)29-18(31(15)10-22)19-28-5-7-35-19/h2-8,17,21H,9-10,27H2,1H3/t17-,22+/m0/s1. The quantitative estimate of drug-likeness (QED) is 0.508. The highest BCUT2D eigenvalue weighted by Crippen LogP contribution is 2.47. The fraction of sp³-hybridized carbons (Fsp3) is 0.273. The van der Waals surface area contributed by atoms with Crippen LogP contribution in [0, 0.1) is 5.82 Å². The minimum Gasteiger partial charge on any atom is -0.468 e. The second-order valence-corrected chi connectivity index (χ2v) is 9.39. The minimum atomic E-state index is -2.86. The maximum Gasteiger partial charge on any atom is 0.333 e. The fourth-order valence-electron chi connectivity index (χ4n) is 4.36. The molecule has 35 heavy (non-hydrogen) atoms. The molecule has 4 heterocycles. The first-order valence-electron chi connectivity index (χ1n) is 10.4. The monoisotopic (exact) mass is 522 g/mol. The van der Waals surface area contributed by atoms with Crippen LogP contribution in [0.2, 0.25) is 5.02 Å². The molecule has 0 radical (unpaired) electrons. The number of benzene rings is 1. The third-order valence-electron chi connectivity index (χ3n) is 5.90. The van der Waals surface area contributed by atoms with Crippen LogP contribution in [0.1, 0.15) is 35.3 Å². The van der Waals surface area contributed by atoms with Gasteiger partial charge in [0.25, 0.3) is 0 Å². The van der Waals surface area contributed by atoms with Gasteiger partial charge in [-0.25, -0.2) is 18.9 Å². The highest BCUT2D eigenvalue weighted by Gasteiger charge is 2.50. The Kier molecular flexibility index (Phi) is 5.90. The van der Waals surface area contributed by atoms with Crippen molar-refractivity contribution in [2.75, 3.05) is 13.7 Å². The molecule has 2 aromatic heterocycles. The number of rotatable bonds is 5. The number of thiazole rings is 1. The van der Waals surface area contributed by atoms with E-state index in [1.807, 2.05) is 0 Å². The third-order valence-corrected chi connectivity index (χ3v) is 6.99. The molecule has 0 saturated carbocycles. The average Bonchev–Trinajstić information content (AvgIpc) is 3.57. The maximum absolute atomic E-state index is 13.9. The summed E-state index contributed by atoms with van der Waals surface area (Å²) in [5.74, 6) is -0.746. The number of fused-ring (bicyclic) bond motifs is 1. The SMILES string of the molecule is COC(=O)[C@@]1(N)CC2=C(c3ccn(C(F)F)n3)[C@H](c3ccc(F)cc3Cl)N=C(c3nccs3)N2C1. The number of methoxy groups -OCH3 is 1. The van der Waals surface area contributed by atoms with Gasteiger partial charge in [0, 0.05) is 46.1 Å². The van der Waals surface area contributed by atoms with E-state index in [-0.39, 0.29) is 23.7 Å². The molecule has 0 aliphatic carbocycles. The molecule has 5 rings (SSSR count). The second-order valence-electron chi connectivity index (χ2n) is 8.09. The normalized spacial score (nSPS) is 22.0. The molecule has 0 spiro atoms. The fourth-order valence-corrected chi connectivity index (χ4v) is 5.27. The van der Waals surface area contributed by atoms with Gasteiger partial charge in [0.1, 0.15) is 17.4 Å². The van der Waals surface area contributed by atoms with Gasteiger partial charge in [-0.3, -0.25) is 4.99 Å². The molecule has 182 valence electrons. The predicted molar refractivity (Wildman–Crippen MR) is 123 cm³/mol. The zero-order valence-corrected chi connectivity index (χ0v) is 19.7. The number of amidine groups is 1. The predicted octanol–water partition coefficient (Wildman–Crippen LogP) is 4.02. The van der Waals surface area contributed by atoms with Crippen molar-refractivity contribution in [2.24, 2.45) is 10.7 Å². The molecular weight excluding hydrogens is 505 g/mol. The summed E-state index contributed by atoms with van der Waals surface area (Å²) in [4.78, 5) is 23.6. The third kappa shape index (κ3) is 4.01. The molecule has 2 aliphatic heterocycles. The topological polar surface area (TPSA) is 98.6 Å². The van der Waals surface area contributed by atoms with Crippen LogP contribution in [0.4, 0.5) is 13.2 Å². The van der Waals surface area contributed by atoms with Crippen molar-refractivity contribution in [1.82, 2.24) is 19.7 Å². The van der Waals surface area contributed by atoms with Gasteiger partial charge in [-0.2, -0.15) is 13.9 Å². The number of carbonyl (C=O) groups is 1. The maximum atomic E-state index is 13.9. The Morgan fingerprint density at radius 2 is 2.17 bits per heavy atom. The number of nitrogens with zero attached hydrogens (tertiary/aromatic N) is 5. The van der Waals surface area contributed by atoms with Crippen LogP contribution in [-0.2, 0) is 9.53 Å². The van der Waals surface area contributed by atoms with Crippen molar-refractivity contribution in [1.29, 1.82) is 0 Å². The second kappa shape index (κ2) is 8.77. The van der Waals surface area contributed by atoms with Gasteiger partial charge < -0.3 is 15.4 Å². The molecule has 1 saturated heterocycles. The van der Waals surface area contributed by atoms with Gasteiger partial charge in [0.05, 0.1) is 19.3 Å². The smallest absolute Gasteiger partial charge is 0.333 e. The number of esters is 1. The summed E-state index contributed by atoms with van der Waals surface area (Å²) in [5, 5.41) is 6.47. The van der Waals surface area contributed by atoms with Crippen molar-refractivity contribution in [3.05, 3.63) is 74.8 Å². The molecule has 2 aliphatic rings. The van der Waals surface area contributed by atoms with E-state index in [1.165, 1.54) is 36.6 Å². The summed E-state index contributed by atoms with van der Waals surface area (Å²) in [6, 6.07) is 4.45. The lowest BCUT2D eigenvalue weighted by Gasteiger charge is -2.32. The molecular formula is C22H18ClF3N6O2S. The molecule has 13 heteroatoms. The van der Waals surface area contributed by atoms with Crippen molar-refractivity contribution in [3.63, 3.8) is 0 Å². The molecule has 0 bridgehead atoms. The van der Waals surface area contributed by atoms with E-state index in [9.17, 15) is 18.0 Å². The first-order valence-corrected chi connectivity index (χ1v) is 11.6. The van der Waals surface area contributed by atoms with E-state index in [0.29, 0.717) is 32.4 Å². The summed E-state index contributed by atoms with van der Waals surface area (Å²) < 4.78 is 46.0. The number of aliphatic imine (C=N–C) groups is 1. The number of hydrogen-bond donors (Lipinski definition) is 1. The lowest BCUT2D eigenvalue weighted by Crippen LogP contribution is -2.51. The summed E-state index contributed by atoms with van der Waals surface area (Å²) >= 11 is 7.74. The van der Waals surface area contributed by atoms with E-state index in [1.54, 1.807) is 16.5 Å². The van der Waals surface area contributed by atoms with Gasteiger partial charge in [0.15, 0.2) is 10.8 Å². The number of ether oxygens (including phenoxy) is 1. The Bertz CT molecular complexity index is 1360. The van der Waals surface area contributed by atoms with E-state index < -0.39 is 29.9 Å². The zero-order chi connectivity index (χ0) is 24.9. The van der Waals surface area contributed by atoms with Crippen LogP contribution in [0.5, 0.6) is 0 Å². The molecule has 3 aromatic rings. The molecule has 1 fully saturated rings. The van der Waals surface area contributed by atoms with Crippen LogP contribution < -0.4 is 5.73 Å². The Balaban J connectivity index is 1.76. The van der Waals surface area contributed by atoms with E-state index in [0.717, 1.165) is 12.3 Å². The van der Waals surface area contributed by atoms with E-state index in [2.05, 4.69) is 10.1 Å². The first-order chi connectivity index (χ1) is 16.7. The lowest BCUT2D eigenvalue weighted by atomic mass is 9.90. The molecule has 8 nitrogen and oxygen atoms in total. The number of hydrogen-bond acceptors (Lipinski definition) is 8. The molecule has 0 amide bonds. The average molecular weight is 523 g/mol. The van der Waals surface area contributed by atoms with Crippen molar-refractivity contribution >= 4 is 40.3 Å². The van der Waals surface area contributed by atoms with Crippen LogP contribution >= 0.6 is 22.9 Å². The Morgan fingerprint density at radius 1 is 1.37 bits per heavy atom. The largest absolute Gasteiger partial charge is 0.468 e. The van der Waals surface area contributed by atoms with Crippen LogP contribution in [0.25, 0.3) is 5.57 Å². The first kappa shape index (κ1) is 23.5. The van der Waals surface area contributed by atoms with Gasteiger partial charge in [-0.1, -0.05) is 17.7 Å². The summed E-state index contributed by atoms with van der Waals surface area (Å²) in [6.07, 6.45) is 2.78. The van der Waals surface area contributed by atoms with Crippen LogP contribution in [0.15, 0.2) is 52.7 Å². The van der Waals surface area contributed by atoms with Gasteiger partial charge in [-0.05, 0) is 18.2 Å². The van der Waals surface area contributed by atoms with Crippen LogP contribution in [-0.4, -0.2) is 50.7 Å². The van der Waals surface area contributed by atoms with Gasteiger partial charge >= 0.3 is 12.5 Å². The Hall–Kier alpha value is -3.22. The molecule has 2 N–H and O–H groups in total. The molecule has 1 aromatic carbocycles. The summed E-state index contributed by atoms with van der Waals surface area (Å²) in [7, 11) is 1.24. The summed E-state index contributed by atoms with van der Waals surface area (Å²) in [6.45, 7) is -2.83. The number of aromatic nitrogens is 3. The van der Waals surface area contributed by atoms with Crippen molar-refractivity contribution < 1.29 is 22.7 Å². The number of halogens is 4. The number of alkyl halides is 2. The highest BCUT2D eigenvalue weighted by molar-refractivity contribution is 7.11.